The van der Waals surface area contributed by atoms with Gasteiger partial charge in [0.2, 0.25) is 0 Å². The Balaban J connectivity index is 2.28. The Kier molecular flexibility index (Phi) is 5.68. The maximum Gasteiger partial charge on any atom is 0.0431 e. The van der Waals surface area contributed by atoms with E-state index in [4.69, 9.17) is 23.2 Å². The smallest absolute Gasteiger partial charge is 0.0431 e. The average molecular weight is 254 g/mol. The fourth-order valence-electron chi connectivity index (χ4n) is 1.92. The second-order valence-electron chi connectivity index (χ2n) is 3.75. The molecule has 0 aromatic rings. The van der Waals surface area contributed by atoms with Gasteiger partial charge in [0.1, 0.15) is 0 Å². The third-order valence-electron chi connectivity index (χ3n) is 2.81. The minimum atomic E-state index is 0.448. The summed E-state index contributed by atoms with van der Waals surface area (Å²) in [5, 5.41) is 4.05. The predicted molar refractivity (Wildman–Crippen MR) is 67.4 cm³/mol. The van der Waals surface area contributed by atoms with Crippen LogP contribution < -0.4 is 5.32 Å². The first-order chi connectivity index (χ1) is 6.72. The molecule has 0 radical (unpaired) electrons. The summed E-state index contributed by atoms with van der Waals surface area (Å²) in [6.07, 6.45) is 7.57. The van der Waals surface area contributed by atoms with Gasteiger partial charge in [-0.2, -0.15) is 11.8 Å². The van der Waals surface area contributed by atoms with Gasteiger partial charge < -0.3 is 5.32 Å². The van der Waals surface area contributed by atoms with Crippen LogP contribution in [0.1, 0.15) is 25.7 Å². The van der Waals surface area contributed by atoms with Crippen molar-refractivity contribution in [1.82, 2.24) is 5.32 Å². The molecular weight excluding hydrogens is 237 g/mol. The van der Waals surface area contributed by atoms with Gasteiger partial charge in [-0.3, -0.25) is 0 Å². The minimum absolute atomic E-state index is 0.448. The molecule has 0 unspecified atom stereocenters. The molecule has 14 heavy (non-hydrogen) atoms. The highest BCUT2D eigenvalue weighted by molar-refractivity contribution is 8.00. The van der Waals surface area contributed by atoms with Crippen molar-refractivity contribution in [3.63, 3.8) is 0 Å². The molecule has 0 spiro atoms. The molecule has 0 aromatic carbocycles. The number of thioether (sulfide) groups is 1. The van der Waals surface area contributed by atoms with Crippen molar-refractivity contribution >= 4 is 35.0 Å². The van der Waals surface area contributed by atoms with Crippen LogP contribution in [0.2, 0.25) is 0 Å². The van der Waals surface area contributed by atoms with Crippen LogP contribution in [0.15, 0.2) is 10.6 Å². The van der Waals surface area contributed by atoms with Crippen LogP contribution in [-0.4, -0.2) is 24.1 Å². The SMILES string of the molecule is CSC1(CNCC(Cl)=CCl)CCCC1. The van der Waals surface area contributed by atoms with Gasteiger partial charge in [0.15, 0.2) is 0 Å². The lowest BCUT2D eigenvalue weighted by atomic mass is 10.1. The van der Waals surface area contributed by atoms with Gasteiger partial charge in [-0.1, -0.05) is 36.0 Å². The van der Waals surface area contributed by atoms with Crippen molar-refractivity contribution in [2.45, 2.75) is 30.4 Å². The monoisotopic (exact) mass is 253 g/mol. The number of rotatable bonds is 5. The van der Waals surface area contributed by atoms with Crippen LogP contribution in [0, 0.1) is 0 Å². The van der Waals surface area contributed by atoms with Crippen LogP contribution in [0.25, 0.3) is 0 Å². The molecule has 0 aliphatic heterocycles. The number of hydrogen-bond acceptors (Lipinski definition) is 2. The highest BCUT2D eigenvalue weighted by Gasteiger charge is 2.32. The molecule has 1 fully saturated rings. The van der Waals surface area contributed by atoms with Gasteiger partial charge in [-0.15, -0.1) is 0 Å². The Labute approximate surface area is 101 Å². The van der Waals surface area contributed by atoms with Gasteiger partial charge >= 0.3 is 0 Å². The van der Waals surface area contributed by atoms with E-state index in [0.717, 1.165) is 6.54 Å². The number of hydrogen-bond donors (Lipinski definition) is 1. The standard InChI is InChI=1S/C10H17Cl2NS/c1-14-10(4-2-3-5-10)8-13-7-9(12)6-11/h6,13H,2-5,7-8H2,1H3. The molecule has 82 valence electrons. The van der Waals surface area contributed by atoms with E-state index < -0.39 is 0 Å². The first-order valence-electron chi connectivity index (χ1n) is 4.93. The summed E-state index contributed by atoms with van der Waals surface area (Å²) in [5.74, 6) is 0. The third-order valence-corrected chi connectivity index (χ3v) is 4.84. The Morgan fingerprint density at radius 1 is 1.50 bits per heavy atom. The molecule has 0 saturated heterocycles. The topological polar surface area (TPSA) is 12.0 Å². The van der Waals surface area contributed by atoms with Crippen molar-refractivity contribution in [2.24, 2.45) is 0 Å². The molecule has 1 aliphatic rings. The molecule has 4 heteroatoms. The summed E-state index contributed by atoms with van der Waals surface area (Å²) in [5.41, 5.74) is 1.43. The summed E-state index contributed by atoms with van der Waals surface area (Å²) in [6, 6.07) is 0. The van der Waals surface area contributed by atoms with E-state index in [-0.39, 0.29) is 0 Å². The number of halogens is 2. The van der Waals surface area contributed by atoms with Crippen LogP contribution in [0.5, 0.6) is 0 Å². The van der Waals surface area contributed by atoms with Crippen molar-refractivity contribution < 1.29 is 0 Å². The van der Waals surface area contributed by atoms with Gasteiger partial charge in [0.05, 0.1) is 0 Å². The van der Waals surface area contributed by atoms with Crippen LogP contribution >= 0.6 is 35.0 Å². The van der Waals surface area contributed by atoms with Crippen molar-refractivity contribution in [3.05, 3.63) is 10.6 Å². The van der Waals surface area contributed by atoms with E-state index >= 15 is 0 Å². The zero-order valence-electron chi connectivity index (χ0n) is 8.48. The highest BCUT2D eigenvalue weighted by Crippen LogP contribution is 2.39. The molecule has 1 nitrogen and oxygen atoms in total. The third kappa shape index (κ3) is 3.65. The normalized spacial score (nSPS) is 21.5. The fourth-order valence-corrected chi connectivity index (χ4v) is 3.04. The summed E-state index contributed by atoms with van der Waals surface area (Å²) in [4.78, 5) is 0. The lowest BCUT2D eigenvalue weighted by Crippen LogP contribution is -2.35. The average Bonchev–Trinajstić information content (AvgIpc) is 2.67. The fraction of sp³-hybridized carbons (Fsp3) is 0.800. The molecular formula is C10H17Cl2NS. The van der Waals surface area contributed by atoms with Gasteiger partial charge in [-0.05, 0) is 19.1 Å². The second-order valence-corrected chi connectivity index (χ2v) is 5.73. The lowest BCUT2D eigenvalue weighted by molar-refractivity contribution is 0.552. The Morgan fingerprint density at radius 3 is 2.64 bits per heavy atom. The van der Waals surface area contributed by atoms with Gasteiger partial charge in [0, 0.05) is 28.4 Å². The minimum Gasteiger partial charge on any atom is -0.310 e. The Bertz CT molecular complexity index is 200. The van der Waals surface area contributed by atoms with E-state index in [1.807, 2.05) is 11.8 Å². The molecule has 1 N–H and O–H groups in total. The molecule has 0 bridgehead atoms. The molecule has 0 amide bonds. The highest BCUT2D eigenvalue weighted by atomic mass is 35.5. The first kappa shape index (κ1) is 12.7. The summed E-state index contributed by atoms with van der Waals surface area (Å²) >= 11 is 13.3. The second kappa shape index (κ2) is 6.26. The molecule has 0 aromatic heterocycles. The maximum atomic E-state index is 5.80. The van der Waals surface area contributed by atoms with E-state index in [1.54, 1.807) is 0 Å². The Morgan fingerprint density at radius 2 is 2.14 bits per heavy atom. The Hall–Kier alpha value is 0.630. The van der Waals surface area contributed by atoms with E-state index in [9.17, 15) is 0 Å². The van der Waals surface area contributed by atoms with E-state index in [0.29, 0.717) is 16.3 Å². The summed E-state index contributed by atoms with van der Waals surface area (Å²) < 4.78 is 0.448. The van der Waals surface area contributed by atoms with E-state index in [1.165, 1.54) is 31.2 Å². The first-order valence-corrected chi connectivity index (χ1v) is 6.97. The molecule has 1 saturated carbocycles. The molecule has 1 rings (SSSR count). The van der Waals surface area contributed by atoms with E-state index in [2.05, 4.69) is 11.6 Å². The van der Waals surface area contributed by atoms with Crippen LogP contribution in [-0.2, 0) is 0 Å². The lowest BCUT2D eigenvalue weighted by Gasteiger charge is -2.26. The van der Waals surface area contributed by atoms with Crippen LogP contribution in [0.3, 0.4) is 0 Å². The molecule has 0 heterocycles. The zero-order chi connectivity index (χ0) is 10.4. The summed E-state index contributed by atoms with van der Waals surface area (Å²) in [6.45, 7) is 1.72. The van der Waals surface area contributed by atoms with Crippen molar-refractivity contribution in [1.29, 1.82) is 0 Å². The zero-order valence-corrected chi connectivity index (χ0v) is 10.8. The molecule has 0 atom stereocenters. The van der Waals surface area contributed by atoms with Crippen LogP contribution in [0.4, 0.5) is 0 Å². The van der Waals surface area contributed by atoms with Crippen molar-refractivity contribution in [2.75, 3.05) is 19.3 Å². The number of nitrogens with one attached hydrogen (secondary N) is 1. The van der Waals surface area contributed by atoms with Gasteiger partial charge in [-0.25, -0.2) is 0 Å². The predicted octanol–water partition coefficient (Wildman–Crippen LogP) is 3.57. The maximum absolute atomic E-state index is 5.80. The van der Waals surface area contributed by atoms with Gasteiger partial charge in [0.25, 0.3) is 0 Å². The molecule has 1 aliphatic carbocycles. The van der Waals surface area contributed by atoms with Crippen molar-refractivity contribution in [3.8, 4) is 0 Å². The largest absolute Gasteiger partial charge is 0.310 e. The quantitative estimate of drug-likeness (QED) is 0.805. The summed E-state index contributed by atoms with van der Waals surface area (Å²) in [7, 11) is 0.